The van der Waals surface area contributed by atoms with E-state index in [9.17, 15) is 9.59 Å². The van der Waals surface area contributed by atoms with Gasteiger partial charge in [0, 0.05) is 0 Å². The number of allylic oxidation sites excluding steroid dienone is 2. The van der Waals surface area contributed by atoms with Gasteiger partial charge in [0.15, 0.2) is 3.77 Å². The predicted octanol–water partition coefficient (Wildman–Crippen LogP) is 2.42. The molecule has 5 rings (SSSR count). The Hall–Kier alpha value is -1.44. The van der Waals surface area contributed by atoms with Crippen LogP contribution in [0.15, 0.2) is 33.8 Å². The zero-order valence-corrected chi connectivity index (χ0v) is 13.3. The van der Waals surface area contributed by atoms with Gasteiger partial charge in [0.1, 0.15) is 5.76 Å². The van der Waals surface area contributed by atoms with E-state index >= 15 is 0 Å². The highest BCUT2D eigenvalue weighted by Gasteiger charge is 2.56. The fourth-order valence-electron chi connectivity index (χ4n) is 3.68. The van der Waals surface area contributed by atoms with Crippen molar-refractivity contribution in [3.8, 4) is 0 Å². The molecular formula is C15H13IN2O3. The molecule has 2 amide bonds. The van der Waals surface area contributed by atoms with Gasteiger partial charge in [-0.25, -0.2) is 0 Å². The third-order valence-electron chi connectivity index (χ3n) is 4.63. The summed E-state index contributed by atoms with van der Waals surface area (Å²) in [4.78, 5) is 25.0. The van der Waals surface area contributed by atoms with Crippen LogP contribution in [0, 0.1) is 27.4 Å². The van der Waals surface area contributed by atoms with E-state index in [1.165, 1.54) is 6.21 Å². The molecule has 1 aliphatic heterocycles. The molecule has 4 aliphatic rings. The molecule has 0 radical (unpaired) electrons. The Balaban J connectivity index is 1.62. The number of hydrogen-bond donors (Lipinski definition) is 0. The Labute approximate surface area is 135 Å². The zero-order valence-electron chi connectivity index (χ0n) is 11.1. The Kier molecular flexibility index (Phi) is 3.02. The Morgan fingerprint density at radius 2 is 1.76 bits per heavy atom. The van der Waals surface area contributed by atoms with Crippen LogP contribution in [0.4, 0.5) is 0 Å². The summed E-state index contributed by atoms with van der Waals surface area (Å²) in [6.45, 7) is 0. The highest BCUT2D eigenvalue weighted by Crippen LogP contribution is 2.49. The van der Waals surface area contributed by atoms with E-state index in [0.717, 1.165) is 21.6 Å². The van der Waals surface area contributed by atoms with E-state index in [1.807, 2.05) is 0 Å². The van der Waals surface area contributed by atoms with E-state index < -0.39 is 0 Å². The van der Waals surface area contributed by atoms with Crippen LogP contribution in [-0.2, 0) is 9.59 Å². The van der Waals surface area contributed by atoms with Gasteiger partial charge < -0.3 is 4.42 Å². The zero-order chi connectivity index (χ0) is 14.6. The maximum atomic E-state index is 12.5. The summed E-state index contributed by atoms with van der Waals surface area (Å²) in [7, 11) is 0. The summed E-state index contributed by atoms with van der Waals surface area (Å²) < 4.78 is 6.10. The summed E-state index contributed by atoms with van der Waals surface area (Å²) >= 11 is 2.05. The molecule has 1 saturated heterocycles. The minimum absolute atomic E-state index is 0.165. The Morgan fingerprint density at radius 3 is 2.24 bits per heavy atom. The minimum atomic E-state index is -0.213. The highest BCUT2D eigenvalue weighted by molar-refractivity contribution is 14.1. The Bertz CT molecular complexity index is 646. The lowest BCUT2D eigenvalue weighted by molar-refractivity contribution is -0.140. The molecule has 1 aromatic heterocycles. The number of nitrogens with zero attached hydrogens (tertiary/aromatic N) is 2. The molecule has 21 heavy (non-hydrogen) atoms. The first-order valence-corrected chi connectivity index (χ1v) is 8.08. The molecule has 5 nitrogen and oxygen atoms in total. The Morgan fingerprint density at radius 1 is 1.14 bits per heavy atom. The fourth-order valence-corrected chi connectivity index (χ4v) is 4.12. The number of amides is 2. The molecule has 1 aromatic rings. The van der Waals surface area contributed by atoms with Crippen LogP contribution < -0.4 is 0 Å². The lowest BCUT2D eigenvalue weighted by atomic mass is 9.63. The van der Waals surface area contributed by atoms with Gasteiger partial charge >= 0.3 is 0 Å². The topological polar surface area (TPSA) is 62.9 Å². The minimum Gasteiger partial charge on any atom is -0.449 e. The number of halogens is 1. The predicted molar refractivity (Wildman–Crippen MR) is 83.2 cm³/mol. The third-order valence-corrected chi connectivity index (χ3v) is 5.21. The summed E-state index contributed by atoms with van der Waals surface area (Å²) in [5.41, 5.74) is 0. The maximum absolute atomic E-state index is 12.5. The monoisotopic (exact) mass is 396 g/mol. The van der Waals surface area contributed by atoms with Crippen molar-refractivity contribution in [1.29, 1.82) is 0 Å². The second kappa shape index (κ2) is 4.79. The van der Waals surface area contributed by atoms with Crippen molar-refractivity contribution in [2.45, 2.75) is 12.8 Å². The molecular weight excluding hydrogens is 383 g/mol. The van der Waals surface area contributed by atoms with Crippen LogP contribution in [0.2, 0.25) is 0 Å². The highest BCUT2D eigenvalue weighted by atomic mass is 127. The smallest absolute Gasteiger partial charge is 0.254 e. The first-order chi connectivity index (χ1) is 10.1. The first kappa shape index (κ1) is 13.2. The molecule has 0 spiro atoms. The molecule has 2 heterocycles. The van der Waals surface area contributed by atoms with Gasteiger partial charge in [-0.1, -0.05) is 12.2 Å². The molecule has 4 atom stereocenters. The summed E-state index contributed by atoms with van der Waals surface area (Å²) in [6.07, 6.45) is 7.63. The fraction of sp³-hybridized carbons (Fsp3) is 0.400. The van der Waals surface area contributed by atoms with Gasteiger partial charge in [-0.05, 0) is 59.4 Å². The average Bonchev–Trinajstić information content (AvgIpc) is 3.03. The van der Waals surface area contributed by atoms with Crippen molar-refractivity contribution in [2.24, 2.45) is 28.8 Å². The summed E-state index contributed by atoms with van der Waals surface area (Å²) in [5, 5.41) is 5.12. The molecule has 0 aromatic carbocycles. The van der Waals surface area contributed by atoms with Gasteiger partial charge in [-0.15, -0.1) is 0 Å². The molecule has 0 unspecified atom stereocenters. The van der Waals surface area contributed by atoms with Gasteiger partial charge in [-0.3, -0.25) is 9.59 Å². The van der Waals surface area contributed by atoms with Crippen LogP contribution in [0.1, 0.15) is 18.6 Å². The number of hydrazone groups is 1. The van der Waals surface area contributed by atoms with Crippen molar-refractivity contribution < 1.29 is 14.0 Å². The molecule has 2 bridgehead atoms. The van der Waals surface area contributed by atoms with E-state index in [2.05, 4.69) is 39.8 Å². The molecule has 2 fully saturated rings. The van der Waals surface area contributed by atoms with Crippen molar-refractivity contribution in [1.82, 2.24) is 5.01 Å². The van der Waals surface area contributed by atoms with Crippen LogP contribution >= 0.6 is 22.6 Å². The normalized spacial score (nSPS) is 34.2. The van der Waals surface area contributed by atoms with Gasteiger partial charge in [0.25, 0.3) is 11.8 Å². The van der Waals surface area contributed by atoms with Crippen LogP contribution in [0.25, 0.3) is 0 Å². The quantitative estimate of drug-likeness (QED) is 0.334. The van der Waals surface area contributed by atoms with Crippen molar-refractivity contribution in [2.75, 3.05) is 0 Å². The van der Waals surface area contributed by atoms with Crippen LogP contribution in [-0.4, -0.2) is 23.0 Å². The van der Waals surface area contributed by atoms with Crippen molar-refractivity contribution >= 4 is 40.6 Å². The number of carbonyl (C=O) groups excluding carboxylic acids is 2. The number of carbonyl (C=O) groups is 2. The molecule has 6 heteroatoms. The number of fused-ring (bicyclic) bond motifs is 1. The molecule has 0 N–H and O–H groups in total. The van der Waals surface area contributed by atoms with Gasteiger partial charge in [0.05, 0.1) is 18.1 Å². The summed E-state index contributed by atoms with van der Waals surface area (Å²) in [6, 6.07) is 3.56. The average molecular weight is 396 g/mol. The number of furan rings is 1. The maximum Gasteiger partial charge on any atom is 0.254 e. The standard InChI is InChI=1S/C15H13IN2O3/c16-11-6-5-10(21-11)7-17-18-14(19)12-8-1-2-9(4-3-8)13(12)15(18)20/h1-2,5-9,12-13H,3-4H2/t8-,9-,12-,13+/m0/s1. The number of imide groups is 1. The number of rotatable bonds is 2. The molecule has 3 aliphatic carbocycles. The lowest BCUT2D eigenvalue weighted by Crippen LogP contribution is -2.38. The van der Waals surface area contributed by atoms with E-state index in [0.29, 0.717) is 5.76 Å². The van der Waals surface area contributed by atoms with E-state index in [4.69, 9.17) is 4.42 Å². The molecule has 108 valence electrons. The SMILES string of the molecule is O=C1[C@@H]2[C@H](C(=O)N1N=Cc1ccc(I)o1)[C@H]1C=C[C@H]2CC1. The van der Waals surface area contributed by atoms with Gasteiger partial charge in [0.2, 0.25) is 0 Å². The largest absolute Gasteiger partial charge is 0.449 e. The second-order valence-electron chi connectivity index (χ2n) is 5.72. The van der Waals surface area contributed by atoms with E-state index in [1.54, 1.807) is 12.1 Å². The van der Waals surface area contributed by atoms with E-state index in [-0.39, 0.29) is 35.5 Å². The molecule has 1 saturated carbocycles. The van der Waals surface area contributed by atoms with Gasteiger partial charge in [-0.2, -0.15) is 10.1 Å². The lowest BCUT2D eigenvalue weighted by Gasteiger charge is -2.37. The third kappa shape index (κ3) is 1.99. The first-order valence-electron chi connectivity index (χ1n) is 7.00. The number of hydrogen-bond acceptors (Lipinski definition) is 4. The van der Waals surface area contributed by atoms with Crippen LogP contribution in [0.5, 0.6) is 0 Å². The van der Waals surface area contributed by atoms with Crippen LogP contribution in [0.3, 0.4) is 0 Å². The second-order valence-corrected chi connectivity index (χ2v) is 6.78. The van der Waals surface area contributed by atoms with Crippen molar-refractivity contribution in [3.05, 3.63) is 33.8 Å². The van der Waals surface area contributed by atoms with Crippen molar-refractivity contribution in [3.63, 3.8) is 0 Å². The summed E-state index contributed by atoms with van der Waals surface area (Å²) in [5.74, 6) is 0.173.